The third-order valence-electron chi connectivity index (χ3n) is 4.91. The number of phenols is 1. The van der Waals surface area contributed by atoms with Crippen LogP contribution in [0.2, 0.25) is 0 Å². The molecule has 3 aromatic rings. The molecule has 1 aliphatic rings. The molecular weight excluding hydrogens is 418 g/mol. The van der Waals surface area contributed by atoms with Gasteiger partial charge in [-0.2, -0.15) is 9.78 Å². The summed E-state index contributed by atoms with van der Waals surface area (Å²) in [6, 6.07) is 4.75. The molecule has 0 spiro atoms. The second-order valence-electron chi connectivity index (χ2n) is 7.11. The molecule has 4 N–H and O–H groups in total. The number of nitrogens with two attached hydrogens (primary N) is 1. The van der Waals surface area contributed by atoms with Gasteiger partial charge in [-0.3, -0.25) is 9.69 Å². The highest BCUT2D eigenvalue weighted by Crippen LogP contribution is 2.26. The van der Waals surface area contributed by atoms with Gasteiger partial charge in [-0.15, -0.1) is 5.10 Å². The molecule has 0 bridgehead atoms. The number of benzene rings is 1. The molecule has 1 saturated heterocycles. The quantitative estimate of drug-likeness (QED) is 0.334. The topological polar surface area (TPSA) is 170 Å². The van der Waals surface area contributed by atoms with Gasteiger partial charge in [0.25, 0.3) is 5.91 Å². The van der Waals surface area contributed by atoms with E-state index in [2.05, 4.69) is 40.7 Å². The molecule has 0 unspecified atom stereocenters. The number of nitrogen functional groups attached to an aromatic ring is 1. The summed E-state index contributed by atoms with van der Waals surface area (Å²) in [5.74, 6) is 0.0255. The molecule has 1 aliphatic heterocycles. The number of likely N-dealkylation sites (tertiary alicyclic amines) is 1. The third kappa shape index (κ3) is 4.51. The number of anilines is 1. The molecule has 0 aliphatic carbocycles. The Balaban J connectivity index is 1.54. The normalized spacial score (nSPS) is 14.3. The fourth-order valence-electron chi connectivity index (χ4n) is 3.38. The van der Waals surface area contributed by atoms with E-state index in [4.69, 9.17) is 10.5 Å². The highest BCUT2D eigenvalue weighted by Gasteiger charge is 2.26. The molecule has 0 saturated carbocycles. The molecule has 0 radical (unpaired) electrons. The summed E-state index contributed by atoms with van der Waals surface area (Å²) in [7, 11) is 0. The summed E-state index contributed by atoms with van der Waals surface area (Å²) in [4.78, 5) is 15.0. The van der Waals surface area contributed by atoms with E-state index in [1.54, 1.807) is 12.1 Å². The van der Waals surface area contributed by atoms with Crippen LogP contribution in [0.15, 0.2) is 27.9 Å². The Kier molecular flexibility index (Phi) is 6.26. The van der Waals surface area contributed by atoms with Crippen molar-refractivity contribution in [2.45, 2.75) is 26.3 Å². The number of nitrogens with one attached hydrogen (secondary N) is 1. The molecule has 32 heavy (non-hydrogen) atoms. The average Bonchev–Trinajstić information content (AvgIpc) is 3.52. The Hall–Kier alpha value is -4.00. The predicted molar refractivity (Wildman–Crippen MR) is 112 cm³/mol. The Morgan fingerprint density at radius 1 is 1.38 bits per heavy atom. The highest BCUT2D eigenvalue weighted by molar-refractivity contribution is 5.94. The number of hydrogen-bond donors (Lipinski definition) is 3. The number of nitrogens with zero attached hydrogens (tertiary/aromatic N) is 7. The van der Waals surface area contributed by atoms with Crippen LogP contribution in [0.25, 0.3) is 5.82 Å². The molecule has 13 nitrogen and oxygen atoms in total. The van der Waals surface area contributed by atoms with E-state index in [0.29, 0.717) is 30.2 Å². The van der Waals surface area contributed by atoms with Crippen molar-refractivity contribution in [1.29, 1.82) is 0 Å². The molecule has 1 aromatic carbocycles. The van der Waals surface area contributed by atoms with Gasteiger partial charge in [0.15, 0.2) is 17.2 Å². The fourth-order valence-corrected chi connectivity index (χ4v) is 3.38. The SMILES string of the molecule is CCOc1cc(/C=N\NC(=O)c2nnn(-c3nonc3N)c2CN2CCCC2)ccc1O. The van der Waals surface area contributed by atoms with E-state index in [-0.39, 0.29) is 23.1 Å². The number of aromatic hydroxyl groups is 1. The number of amides is 1. The zero-order chi connectivity index (χ0) is 22.5. The molecule has 4 rings (SSSR count). The lowest BCUT2D eigenvalue weighted by Gasteiger charge is -2.15. The van der Waals surface area contributed by atoms with Gasteiger partial charge >= 0.3 is 0 Å². The minimum Gasteiger partial charge on any atom is -0.504 e. The van der Waals surface area contributed by atoms with Crippen LogP contribution in [0.1, 0.15) is 41.5 Å². The number of carbonyl (C=O) groups is 1. The van der Waals surface area contributed by atoms with E-state index >= 15 is 0 Å². The first-order valence-corrected chi connectivity index (χ1v) is 10.1. The second-order valence-corrected chi connectivity index (χ2v) is 7.11. The van der Waals surface area contributed by atoms with Crippen LogP contribution in [-0.4, -0.2) is 67.1 Å². The molecule has 13 heteroatoms. The van der Waals surface area contributed by atoms with Gasteiger partial charge in [0.05, 0.1) is 18.5 Å². The lowest BCUT2D eigenvalue weighted by atomic mass is 10.2. The van der Waals surface area contributed by atoms with Gasteiger partial charge in [-0.1, -0.05) is 5.21 Å². The third-order valence-corrected chi connectivity index (χ3v) is 4.91. The zero-order valence-electron chi connectivity index (χ0n) is 17.4. The first-order chi connectivity index (χ1) is 15.6. The summed E-state index contributed by atoms with van der Waals surface area (Å²) >= 11 is 0. The standard InChI is InChI=1S/C19H23N9O4/c1-2-31-15-9-12(5-6-14(15)29)10-21-23-19(30)16-13(11-27-7-3-4-8-27)28(26-22-16)18-17(20)24-32-25-18/h5-6,9-10,29H,2-4,7-8,11H2,1H3,(H2,20,24)(H,23,30)/b21-10-. The van der Waals surface area contributed by atoms with Crippen LogP contribution < -0.4 is 15.9 Å². The van der Waals surface area contributed by atoms with Crippen molar-refractivity contribution in [3.63, 3.8) is 0 Å². The lowest BCUT2D eigenvalue weighted by molar-refractivity contribution is 0.0948. The van der Waals surface area contributed by atoms with Gasteiger partial charge in [-0.05, 0) is 66.9 Å². The smallest absolute Gasteiger partial charge is 0.293 e. The largest absolute Gasteiger partial charge is 0.504 e. The molecule has 168 valence electrons. The Morgan fingerprint density at radius 2 is 2.19 bits per heavy atom. The van der Waals surface area contributed by atoms with Gasteiger partial charge in [0.2, 0.25) is 11.6 Å². The maximum atomic E-state index is 12.8. The molecule has 1 fully saturated rings. The van der Waals surface area contributed by atoms with Crippen molar-refractivity contribution >= 4 is 17.9 Å². The summed E-state index contributed by atoms with van der Waals surface area (Å²) in [5.41, 5.74) is 9.49. The number of rotatable bonds is 8. The number of hydrogen-bond acceptors (Lipinski definition) is 11. The minimum atomic E-state index is -0.541. The van der Waals surface area contributed by atoms with Crippen LogP contribution in [0.4, 0.5) is 5.82 Å². The second kappa shape index (κ2) is 9.43. The van der Waals surface area contributed by atoms with Gasteiger partial charge < -0.3 is 15.6 Å². The number of hydrazone groups is 1. The van der Waals surface area contributed by atoms with E-state index < -0.39 is 5.91 Å². The average molecular weight is 441 g/mol. The van der Waals surface area contributed by atoms with Crippen molar-refractivity contribution in [3.8, 4) is 17.3 Å². The van der Waals surface area contributed by atoms with Crippen molar-refractivity contribution in [1.82, 2.24) is 35.6 Å². The predicted octanol–water partition coefficient (Wildman–Crippen LogP) is 0.696. The number of phenolic OH excluding ortho intramolecular Hbond substituents is 1. The van der Waals surface area contributed by atoms with Gasteiger partial charge in [-0.25, -0.2) is 10.1 Å². The van der Waals surface area contributed by atoms with Gasteiger partial charge in [0.1, 0.15) is 0 Å². The van der Waals surface area contributed by atoms with Crippen LogP contribution in [-0.2, 0) is 6.54 Å². The molecule has 0 atom stereocenters. The zero-order valence-corrected chi connectivity index (χ0v) is 17.4. The van der Waals surface area contributed by atoms with Crippen LogP contribution in [0.3, 0.4) is 0 Å². The first-order valence-electron chi connectivity index (χ1n) is 10.1. The van der Waals surface area contributed by atoms with Crippen molar-refractivity contribution in [2.24, 2.45) is 5.10 Å². The fraction of sp³-hybridized carbons (Fsp3) is 0.368. The first kappa shape index (κ1) is 21.2. The summed E-state index contributed by atoms with van der Waals surface area (Å²) in [6.07, 6.45) is 3.60. The molecule has 2 aromatic heterocycles. The van der Waals surface area contributed by atoms with Crippen LogP contribution >= 0.6 is 0 Å². The summed E-state index contributed by atoms with van der Waals surface area (Å²) in [6.45, 7) is 4.46. The number of ether oxygens (including phenoxy) is 1. The summed E-state index contributed by atoms with van der Waals surface area (Å²) < 4.78 is 11.4. The number of carbonyl (C=O) groups excluding carboxylic acids is 1. The highest BCUT2D eigenvalue weighted by atomic mass is 16.6. The van der Waals surface area contributed by atoms with Crippen LogP contribution in [0.5, 0.6) is 11.5 Å². The maximum absolute atomic E-state index is 12.8. The molecule has 3 heterocycles. The van der Waals surface area contributed by atoms with E-state index in [0.717, 1.165) is 25.9 Å². The van der Waals surface area contributed by atoms with Crippen molar-refractivity contribution in [3.05, 3.63) is 35.2 Å². The molecule has 1 amide bonds. The Morgan fingerprint density at radius 3 is 2.91 bits per heavy atom. The van der Waals surface area contributed by atoms with Crippen LogP contribution in [0, 0.1) is 0 Å². The maximum Gasteiger partial charge on any atom is 0.293 e. The van der Waals surface area contributed by atoms with E-state index in [1.807, 2.05) is 6.92 Å². The van der Waals surface area contributed by atoms with Crippen molar-refractivity contribution < 1.29 is 19.3 Å². The van der Waals surface area contributed by atoms with Gasteiger partial charge in [0, 0.05) is 6.54 Å². The van der Waals surface area contributed by atoms with Crippen molar-refractivity contribution in [2.75, 3.05) is 25.4 Å². The van der Waals surface area contributed by atoms with E-state index in [1.165, 1.54) is 17.0 Å². The Labute approximate surface area is 182 Å². The number of aromatic nitrogens is 5. The Bertz CT molecular complexity index is 1120. The summed E-state index contributed by atoms with van der Waals surface area (Å²) in [5, 5.41) is 29.2. The minimum absolute atomic E-state index is 0.0258. The monoisotopic (exact) mass is 441 g/mol. The lowest BCUT2D eigenvalue weighted by Crippen LogP contribution is -2.25. The molecular formula is C19H23N9O4. The van der Waals surface area contributed by atoms with E-state index in [9.17, 15) is 9.90 Å².